The number of carbonyl (C=O) groups is 2. The maximum atomic E-state index is 11.9. The van der Waals surface area contributed by atoms with Gasteiger partial charge in [-0.1, -0.05) is 23.7 Å². The zero-order chi connectivity index (χ0) is 14.7. The first-order valence-electron chi connectivity index (χ1n) is 5.83. The van der Waals surface area contributed by atoms with Crippen molar-refractivity contribution in [3.63, 3.8) is 0 Å². The summed E-state index contributed by atoms with van der Waals surface area (Å²) in [4.78, 5) is 23.1. The number of benzene rings is 1. The van der Waals surface area contributed by atoms with Crippen LogP contribution in [0.1, 0.15) is 20.8 Å². The van der Waals surface area contributed by atoms with E-state index in [0.717, 1.165) is 16.9 Å². The third-order valence-corrected chi connectivity index (χ3v) is 4.00. The standard InChI is InChI=1S/C14H12ClNO3S/c1-8-5-12(20-13(8)14(18)19)16-11(17)7-9-3-2-4-10(15)6-9/h2-6H,7H2,1H3,(H,16,17)(H,18,19). The summed E-state index contributed by atoms with van der Waals surface area (Å²) in [6.07, 6.45) is 0.194. The number of carboxylic acids is 1. The summed E-state index contributed by atoms with van der Waals surface area (Å²) < 4.78 is 0. The maximum Gasteiger partial charge on any atom is 0.346 e. The zero-order valence-electron chi connectivity index (χ0n) is 10.6. The van der Waals surface area contributed by atoms with Crippen molar-refractivity contribution in [2.75, 3.05) is 5.32 Å². The Balaban J connectivity index is 2.05. The van der Waals surface area contributed by atoms with Crippen LogP contribution in [0.25, 0.3) is 0 Å². The van der Waals surface area contributed by atoms with Crippen molar-refractivity contribution in [1.82, 2.24) is 0 Å². The number of nitrogens with one attached hydrogen (secondary N) is 1. The number of thiophene rings is 1. The van der Waals surface area contributed by atoms with Crippen molar-refractivity contribution in [3.05, 3.63) is 51.4 Å². The summed E-state index contributed by atoms with van der Waals surface area (Å²) in [6, 6.07) is 8.72. The Morgan fingerprint density at radius 1 is 1.35 bits per heavy atom. The monoisotopic (exact) mass is 309 g/mol. The van der Waals surface area contributed by atoms with E-state index in [1.165, 1.54) is 0 Å². The van der Waals surface area contributed by atoms with Crippen LogP contribution in [0.15, 0.2) is 30.3 Å². The molecule has 1 aromatic carbocycles. The van der Waals surface area contributed by atoms with Gasteiger partial charge in [-0.05, 0) is 36.2 Å². The molecule has 0 bridgehead atoms. The lowest BCUT2D eigenvalue weighted by molar-refractivity contribution is -0.115. The van der Waals surface area contributed by atoms with Crippen molar-refractivity contribution in [2.45, 2.75) is 13.3 Å². The Morgan fingerprint density at radius 2 is 2.10 bits per heavy atom. The topological polar surface area (TPSA) is 66.4 Å². The number of halogens is 1. The lowest BCUT2D eigenvalue weighted by Gasteiger charge is -2.03. The van der Waals surface area contributed by atoms with Gasteiger partial charge in [0.25, 0.3) is 0 Å². The summed E-state index contributed by atoms with van der Waals surface area (Å²) in [7, 11) is 0. The Hall–Kier alpha value is -1.85. The minimum absolute atomic E-state index is 0.194. The van der Waals surface area contributed by atoms with Gasteiger partial charge in [-0.15, -0.1) is 11.3 Å². The van der Waals surface area contributed by atoms with E-state index in [1.807, 2.05) is 6.07 Å². The van der Waals surface area contributed by atoms with Gasteiger partial charge in [-0.3, -0.25) is 4.79 Å². The number of anilines is 1. The second-order valence-corrected chi connectivity index (χ2v) is 5.77. The summed E-state index contributed by atoms with van der Waals surface area (Å²) >= 11 is 6.90. The first-order chi connectivity index (χ1) is 9.45. The van der Waals surface area contributed by atoms with E-state index >= 15 is 0 Å². The number of hydrogen-bond acceptors (Lipinski definition) is 3. The van der Waals surface area contributed by atoms with Gasteiger partial charge in [0.05, 0.1) is 11.4 Å². The molecule has 1 amide bonds. The number of carboxylic acid groups (broad SMARTS) is 1. The molecule has 0 aliphatic carbocycles. The molecule has 0 saturated carbocycles. The molecule has 0 radical (unpaired) electrons. The van der Waals surface area contributed by atoms with Crippen LogP contribution < -0.4 is 5.32 Å². The first kappa shape index (κ1) is 14.6. The molecule has 0 spiro atoms. The lowest BCUT2D eigenvalue weighted by atomic mass is 10.1. The zero-order valence-corrected chi connectivity index (χ0v) is 12.2. The normalized spacial score (nSPS) is 10.3. The molecule has 2 N–H and O–H groups in total. The highest BCUT2D eigenvalue weighted by atomic mass is 35.5. The molecule has 104 valence electrons. The van der Waals surface area contributed by atoms with Crippen LogP contribution in [0, 0.1) is 6.92 Å². The van der Waals surface area contributed by atoms with Gasteiger partial charge in [0, 0.05) is 5.02 Å². The number of rotatable bonds is 4. The van der Waals surface area contributed by atoms with Crippen molar-refractivity contribution < 1.29 is 14.7 Å². The third kappa shape index (κ3) is 3.59. The molecule has 0 atom stereocenters. The molecular weight excluding hydrogens is 298 g/mol. The van der Waals surface area contributed by atoms with E-state index in [1.54, 1.807) is 31.2 Å². The van der Waals surface area contributed by atoms with Crippen molar-refractivity contribution in [2.24, 2.45) is 0 Å². The summed E-state index contributed by atoms with van der Waals surface area (Å²) in [5.74, 6) is -1.19. The highest BCUT2D eigenvalue weighted by Crippen LogP contribution is 2.26. The van der Waals surface area contributed by atoms with E-state index in [9.17, 15) is 9.59 Å². The van der Waals surface area contributed by atoms with Gasteiger partial charge >= 0.3 is 5.97 Å². The smallest absolute Gasteiger partial charge is 0.346 e. The van der Waals surface area contributed by atoms with Crippen LogP contribution in [-0.4, -0.2) is 17.0 Å². The molecule has 0 saturated heterocycles. The fourth-order valence-corrected chi connectivity index (χ4v) is 2.91. The molecular formula is C14H12ClNO3S. The molecule has 1 aromatic heterocycles. The van der Waals surface area contributed by atoms with E-state index in [0.29, 0.717) is 15.6 Å². The van der Waals surface area contributed by atoms with Crippen LogP contribution >= 0.6 is 22.9 Å². The average molecular weight is 310 g/mol. The number of hydrogen-bond donors (Lipinski definition) is 2. The fraction of sp³-hybridized carbons (Fsp3) is 0.143. The van der Waals surface area contributed by atoms with Crippen LogP contribution in [0.5, 0.6) is 0 Å². The molecule has 0 aliphatic heterocycles. The van der Waals surface area contributed by atoms with Crippen LogP contribution in [0.3, 0.4) is 0 Å². The second-order valence-electron chi connectivity index (χ2n) is 4.28. The highest BCUT2D eigenvalue weighted by Gasteiger charge is 2.13. The molecule has 20 heavy (non-hydrogen) atoms. The Morgan fingerprint density at radius 3 is 2.70 bits per heavy atom. The Labute approximate surface area is 125 Å². The summed E-state index contributed by atoms with van der Waals surface area (Å²) in [5.41, 5.74) is 1.45. The van der Waals surface area contributed by atoms with E-state index in [4.69, 9.17) is 16.7 Å². The molecule has 4 nitrogen and oxygen atoms in total. The molecule has 2 aromatic rings. The minimum Gasteiger partial charge on any atom is -0.477 e. The fourth-order valence-electron chi connectivity index (χ4n) is 1.77. The molecule has 1 heterocycles. The summed E-state index contributed by atoms with van der Waals surface area (Å²) in [6.45, 7) is 1.70. The number of aromatic carboxylic acids is 1. The van der Waals surface area contributed by atoms with Gasteiger partial charge in [0.15, 0.2) is 0 Å². The van der Waals surface area contributed by atoms with Crippen molar-refractivity contribution in [1.29, 1.82) is 0 Å². The number of amides is 1. The van der Waals surface area contributed by atoms with E-state index < -0.39 is 5.97 Å². The largest absolute Gasteiger partial charge is 0.477 e. The Kier molecular flexibility index (Phi) is 4.42. The Bertz CT molecular complexity index is 666. The minimum atomic E-state index is -0.983. The number of carbonyl (C=O) groups excluding carboxylic acids is 1. The molecule has 0 unspecified atom stereocenters. The average Bonchev–Trinajstić information content (AvgIpc) is 2.70. The van der Waals surface area contributed by atoms with Gasteiger partial charge in [0.1, 0.15) is 4.88 Å². The predicted octanol–water partition coefficient (Wildman–Crippen LogP) is 3.59. The second kappa shape index (κ2) is 6.07. The van der Waals surface area contributed by atoms with Gasteiger partial charge < -0.3 is 10.4 Å². The van der Waals surface area contributed by atoms with E-state index in [2.05, 4.69) is 5.32 Å². The van der Waals surface area contributed by atoms with Gasteiger partial charge in [0.2, 0.25) is 5.91 Å². The maximum absolute atomic E-state index is 11.9. The quantitative estimate of drug-likeness (QED) is 0.907. The molecule has 0 aliphatic rings. The molecule has 6 heteroatoms. The third-order valence-electron chi connectivity index (χ3n) is 2.63. The van der Waals surface area contributed by atoms with Gasteiger partial charge in [-0.25, -0.2) is 4.79 Å². The number of aryl methyl sites for hydroxylation is 1. The van der Waals surface area contributed by atoms with E-state index in [-0.39, 0.29) is 17.2 Å². The van der Waals surface area contributed by atoms with Crippen LogP contribution in [0.2, 0.25) is 5.02 Å². The van der Waals surface area contributed by atoms with Crippen molar-refractivity contribution in [3.8, 4) is 0 Å². The lowest BCUT2D eigenvalue weighted by Crippen LogP contribution is -2.13. The highest BCUT2D eigenvalue weighted by molar-refractivity contribution is 7.18. The van der Waals surface area contributed by atoms with Crippen molar-refractivity contribution >= 4 is 39.8 Å². The summed E-state index contributed by atoms with van der Waals surface area (Å²) in [5, 5.41) is 12.8. The first-order valence-corrected chi connectivity index (χ1v) is 7.03. The molecule has 2 rings (SSSR count). The van der Waals surface area contributed by atoms with Gasteiger partial charge in [-0.2, -0.15) is 0 Å². The predicted molar refractivity (Wildman–Crippen MR) is 79.8 cm³/mol. The van der Waals surface area contributed by atoms with Crippen LogP contribution in [-0.2, 0) is 11.2 Å². The SMILES string of the molecule is Cc1cc(NC(=O)Cc2cccc(Cl)c2)sc1C(=O)O. The van der Waals surface area contributed by atoms with Crippen LogP contribution in [0.4, 0.5) is 5.00 Å². The molecule has 0 fully saturated rings.